The van der Waals surface area contributed by atoms with Crippen LogP contribution in [0.15, 0.2) is 59.5 Å². The quantitative estimate of drug-likeness (QED) is 0.109. The maximum absolute atomic E-state index is 10.4. The minimum atomic E-state index is 0.663. The molecule has 0 aliphatic heterocycles. The van der Waals surface area contributed by atoms with Crippen molar-refractivity contribution in [2.75, 3.05) is 40.5 Å². The van der Waals surface area contributed by atoms with Gasteiger partial charge < -0.3 is 14.8 Å². The van der Waals surface area contributed by atoms with Crippen molar-refractivity contribution in [1.82, 2.24) is 9.79 Å². The zero-order valence-corrected chi connectivity index (χ0v) is 26.1. The Balaban J connectivity index is 0.000000784. The average Bonchev–Trinajstić information content (AvgIpc) is 3.00. The van der Waals surface area contributed by atoms with E-state index in [1.807, 2.05) is 60.8 Å². The van der Waals surface area contributed by atoms with E-state index in [-0.39, 0.29) is 0 Å². The lowest BCUT2D eigenvalue weighted by atomic mass is 9.90. The zero-order valence-electron chi connectivity index (χ0n) is 25.3. The minimum absolute atomic E-state index is 0.663. The van der Waals surface area contributed by atoms with Crippen LogP contribution in [0.3, 0.4) is 0 Å². The number of nitrogens with one attached hydrogen (secondary N) is 1. The molecular weight excluding hydrogens is 508 g/mol. The largest absolute Gasteiger partial charge is 0.497 e. The van der Waals surface area contributed by atoms with E-state index in [1.165, 1.54) is 50.5 Å². The van der Waals surface area contributed by atoms with Crippen molar-refractivity contribution in [2.24, 2.45) is 5.92 Å². The molecule has 6 nitrogen and oxygen atoms in total. The van der Waals surface area contributed by atoms with Crippen molar-refractivity contribution >= 4 is 18.4 Å². The predicted octanol–water partition coefficient (Wildman–Crippen LogP) is 8.11. The summed E-state index contributed by atoms with van der Waals surface area (Å²) in [5.74, 6) is 1.52. The molecule has 2 aromatic carbocycles. The molecule has 1 aliphatic rings. The summed E-state index contributed by atoms with van der Waals surface area (Å²) in [4.78, 5) is 17.5. The fraction of sp³-hybridized carbons (Fsp3) is 0.594. The molecular formula is C32H54N2O4S. The molecule has 0 atom stereocenters. The number of hydrogen-bond acceptors (Lipinski definition) is 6. The Morgan fingerprint density at radius 3 is 2.13 bits per heavy atom. The van der Waals surface area contributed by atoms with E-state index >= 15 is 0 Å². The fourth-order valence-corrected chi connectivity index (χ4v) is 4.45. The number of hydrogen-bond donors (Lipinski definition) is 1. The highest BCUT2D eigenvalue weighted by atomic mass is 32.2. The van der Waals surface area contributed by atoms with Gasteiger partial charge in [-0.3, -0.25) is 9.63 Å². The number of nitrogens with zero attached hydrogens (tertiary/aromatic N) is 1. The Hall–Kier alpha value is -2.06. The summed E-state index contributed by atoms with van der Waals surface area (Å²) in [7, 11) is 3.40. The highest BCUT2D eigenvalue weighted by Gasteiger charge is 2.16. The number of ether oxygens (including phenoxy) is 2. The first-order chi connectivity index (χ1) is 19.1. The van der Waals surface area contributed by atoms with Crippen molar-refractivity contribution < 1.29 is 19.1 Å². The van der Waals surface area contributed by atoms with E-state index in [0.717, 1.165) is 43.2 Å². The highest BCUT2D eigenvalue weighted by molar-refractivity contribution is 7.96. The number of carbonyl (C=O) groups is 1. The van der Waals surface area contributed by atoms with E-state index in [0.29, 0.717) is 12.5 Å². The van der Waals surface area contributed by atoms with Crippen molar-refractivity contribution in [3.05, 3.63) is 60.2 Å². The van der Waals surface area contributed by atoms with Crippen LogP contribution in [0.1, 0.15) is 77.7 Å². The second-order valence-corrected chi connectivity index (χ2v) is 10.1. The van der Waals surface area contributed by atoms with Gasteiger partial charge in [0.15, 0.2) is 0 Å². The van der Waals surface area contributed by atoms with Gasteiger partial charge in [0, 0.05) is 31.7 Å². The lowest BCUT2D eigenvalue weighted by Crippen LogP contribution is -2.25. The Morgan fingerprint density at radius 2 is 1.64 bits per heavy atom. The normalized spacial score (nSPS) is 12.6. The molecule has 3 rings (SSSR count). The number of amides is 1. The summed E-state index contributed by atoms with van der Waals surface area (Å²) >= 11 is 1.59. The van der Waals surface area contributed by atoms with E-state index in [1.54, 1.807) is 26.2 Å². The van der Waals surface area contributed by atoms with Gasteiger partial charge in [0.25, 0.3) is 0 Å². The van der Waals surface area contributed by atoms with Crippen LogP contribution in [0, 0.1) is 12.8 Å². The maximum Gasteiger partial charge on any atom is 0.207 e. The van der Waals surface area contributed by atoms with Crippen molar-refractivity contribution in [1.29, 1.82) is 0 Å². The van der Waals surface area contributed by atoms with Gasteiger partial charge in [0.1, 0.15) is 5.75 Å². The summed E-state index contributed by atoms with van der Waals surface area (Å²) in [5, 5.41) is 2.70. The van der Waals surface area contributed by atoms with Crippen LogP contribution in [-0.4, -0.2) is 51.4 Å². The maximum atomic E-state index is 10.4. The first-order valence-electron chi connectivity index (χ1n) is 14.5. The molecule has 0 radical (unpaired) electrons. The number of unbranched alkanes of at least 4 members (excludes halogenated alkanes) is 1. The first-order valence-corrected chi connectivity index (χ1v) is 15.3. The molecule has 39 heavy (non-hydrogen) atoms. The Labute approximate surface area is 243 Å². The lowest BCUT2D eigenvalue weighted by Gasteiger charge is -2.26. The van der Waals surface area contributed by atoms with E-state index in [2.05, 4.69) is 31.3 Å². The zero-order chi connectivity index (χ0) is 29.0. The number of hydroxylamine groups is 1. The number of aryl methyl sites for hydroxylation is 1. The van der Waals surface area contributed by atoms with Crippen LogP contribution in [-0.2, 0) is 14.4 Å². The third-order valence-electron chi connectivity index (χ3n) is 5.83. The predicted molar refractivity (Wildman–Crippen MR) is 166 cm³/mol. The Bertz CT molecular complexity index is 767. The molecule has 1 aliphatic carbocycles. The molecule has 0 bridgehead atoms. The van der Waals surface area contributed by atoms with E-state index in [4.69, 9.17) is 14.3 Å². The van der Waals surface area contributed by atoms with Crippen LogP contribution in [0.2, 0.25) is 0 Å². The molecule has 2 aromatic rings. The van der Waals surface area contributed by atoms with Gasteiger partial charge in [0.05, 0.1) is 13.7 Å². The summed E-state index contributed by atoms with van der Waals surface area (Å²) in [5.41, 5.74) is 1.32. The molecule has 0 saturated heterocycles. The lowest BCUT2D eigenvalue weighted by molar-refractivity contribution is -0.110. The summed E-state index contributed by atoms with van der Waals surface area (Å²) in [6.45, 7) is 11.4. The molecule has 1 saturated carbocycles. The Morgan fingerprint density at radius 1 is 0.974 bits per heavy atom. The summed E-state index contributed by atoms with van der Waals surface area (Å²) in [6.07, 6.45) is 10.6. The van der Waals surface area contributed by atoms with Gasteiger partial charge in [0.2, 0.25) is 6.41 Å². The molecule has 0 unspecified atom stereocenters. The molecule has 0 heterocycles. The van der Waals surface area contributed by atoms with Crippen LogP contribution in [0.5, 0.6) is 5.75 Å². The van der Waals surface area contributed by atoms with E-state index in [9.17, 15) is 4.79 Å². The molecule has 7 heteroatoms. The number of rotatable bonds is 14. The van der Waals surface area contributed by atoms with Crippen LogP contribution in [0.4, 0.5) is 0 Å². The first kappa shape index (κ1) is 36.9. The van der Waals surface area contributed by atoms with Crippen LogP contribution >= 0.6 is 11.9 Å². The molecule has 222 valence electrons. The van der Waals surface area contributed by atoms with Crippen molar-refractivity contribution in [2.45, 2.75) is 84.0 Å². The Kier molecular flexibility index (Phi) is 26.1. The smallest absolute Gasteiger partial charge is 0.207 e. The number of carbonyl (C=O) groups excluding carboxylic acids is 1. The minimum Gasteiger partial charge on any atom is -0.497 e. The average molecular weight is 563 g/mol. The fourth-order valence-electron chi connectivity index (χ4n) is 3.63. The second kappa shape index (κ2) is 27.5. The third-order valence-corrected chi connectivity index (χ3v) is 6.81. The molecule has 1 fully saturated rings. The van der Waals surface area contributed by atoms with Gasteiger partial charge in [-0.1, -0.05) is 82.3 Å². The van der Waals surface area contributed by atoms with Crippen molar-refractivity contribution in [3.63, 3.8) is 0 Å². The number of methoxy groups -OCH3 is 2. The van der Waals surface area contributed by atoms with Crippen LogP contribution in [0.25, 0.3) is 0 Å². The van der Waals surface area contributed by atoms with Gasteiger partial charge >= 0.3 is 0 Å². The molecule has 1 N–H and O–H groups in total. The number of benzene rings is 2. The van der Waals surface area contributed by atoms with E-state index < -0.39 is 0 Å². The van der Waals surface area contributed by atoms with Crippen molar-refractivity contribution in [3.8, 4) is 5.75 Å². The highest BCUT2D eigenvalue weighted by Crippen LogP contribution is 2.28. The van der Waals surface area contributed by atoms with Gasteiger partial charge in [-0.15, -0.1) is 4.47 Å². The SMILES string of the molecule is CC.CCCCOC.COc1ccc(SN(CCCNC=O)OCC2CCCCC2)cc1.Cc1ccccc1. The second-order valence-electron chi connectivity index (χ2n) is 9.05. The molecule has 0 spiro atoms. The topological polar surface area (TPSA) is 60.0 Å². The molecule has 0 aromatic heterocycles. The standard InChI is InChI=1S/C18H28N2O3S.C7H8.C5H12O.C2H6/c1-22-17-8-10-18(11-9-17)24-20(13-5-12-19-15-21)23-14-16-6-3-2-4-7-16;1-7-5-3-2-4-6-7;1-3-4-5-6-2;1-2/h8-11,15-16H,2-7,12-14H2,1H3,(H,19,21);2-6H,1H3;3-5H2,1-2H3;1-2H3. The van der Waals surface area contributed by atoms with Gasteiger partial charge in [-0.2, -0.15) is 0 Å². The molecule has 1 amide bonds. The van der Waals surface area contributed by atoms with Gasteiger partial charge in [-0.25, -0.2) is 0 Å². The monoisotopic (exact) mass is 562 g/mol. The summed E-state index contributed by atoms with van der Waals surface area (Å²) < 4.78 is 11.9. The summed E-state index contributed by atoms with van der Waals surface area (Å²) in [6, 6.07) is 18.2. The third kappa shape index (κ3) is 21.4. The van der Waals surface area contributed by atoms with Crippen LogP contribution < -0.4 is 10.1 Å². The van der Waals surface area contributed by atoms with Gasteiger partial charge in [-0.05, 0) is 74.7 Å².